The maximum absolute atomic E-state index is 11.9. The van der Waals surface area contributed by atoms with E-state index in [1.54, 1.807) is 0 Å². The summed E-state index contributed by atoms with van der Waals surface area (Å²) < 4.78 is 6.07. The van der Waals surface area contributed by atoms with Crippen molar-refractivity contribution in [1.82, 2.24) is 0 Å². The second kappa shape index (κ2) is 21.9. The van der Waals surface area contributed by atoms with Gasteiger partial charge in [0.1, 0.15) is 0 Å². The Bertz CT molecular complexity index is 292. The van der Waals surface area contributed by atoms with E-state index in [9.17, 15) is 4.79 Å². The Morgan fingerprint density at radius 1 is 0.846 bits per heavy atom. The molecule has 0 radical (unpaired) electrons. The maximum atomic E-state index is 11.9. The molecule has 0 aromatic carbocycles. The topological polar surface area (TPSA) is 26.3 Å². The molecule has 0 rings (SSSR count). The third kappa shape index (κ3) is 19.4. The van der Waals surface area contributed by atoms with Crippen molar-refractivity contribution in [3.05, 3.63) is 0 Å². The van der Waals surface area contributed by atoms with Crippen molar-refractivity contribution in [2.75, 3.05) is 23.4 Å². The van der Waals surface area contributed by atoms with Gasteiger partial charge in [-0.1, -0.05) is 74.7 Å². The number of alkyl halides is 1. The van der Waals surface area contributed by atoms with E-state index < -0.39 is 0 Å². The minimum atomic E-state index is -0.00351. The van der Waals surface area contributed by atoms with Gasteiger partial charge in [-0.15, -0.1) is 23.5 Å². The highest BCUT2D eigenvalue weighted by Gasteiger charge is 2.11. The molecule has 26 heavy (non-hydrogen) atoms. The lowest BCUT2D eigenvalue weighted by molar-refractivity contribution is -0.143. The Kier molecular flexibility index (Phi) is 22.5. The van der Waals surface area contributed by atoms with Crippen molar-refractivity contribution in [3.8, 4) is 0 Å². The van der Waals surface area contributed by atoms with Crippen LogP contribution in [0.3, 0.4) is 0 Å². The lowest BCUT2D eigenvalue weighted by Gasteiger charge is -2.16. The molecule has 0 bridgehead atoms. The summed E-state index contributed by atoms with van der Waals surface area (Å²) in [6.07, 6.45) is 15.2. The highest BCUT2D eigenvalue weighted by atomic mass is 79.9. The molecule has 0 heterocycles. The van der Waals surface area contributed by atoms with Crippen LogP contribution in [0.1, 0.15) is 97.3 Å². The Balaban J connectivity index is 3.80. The molecule has 0 amide bonds. The molecule has 0 atom stereocenters. The van der Waals surface area contributed by atoms with Gasteiger partial charge < -0.3 is 4.74 Å². The summed E-state index contributed by atoms with van der Waals surface area (Å²) in [5, 5.41) is 1.09. The first kappa shape index (κ1) is 26.6. The van der Waals surface area contributed by atoms with E-state index >= 15 is 0 Å². The van der Waals surface area contributed by atoms with Crippen LogP contribution in [0, 0.1) is 0 Å². The Hall–Kier alpha value is 0.650. The standard InChI is InChI=1S/C21H41BrO2S2/c1-3-5-12-18-25-21(26-19-13-6-4-2)15-17-24-20(23)14-10-8-7-9-11-16-22/h21H,3-19H2,1-2H3. The number of esters is 1. The third-order valence-electron chi connectivity index (χ3n) is 4.23. The van der Waals surface area contributed by atoms with Crippen LogP contribution in [-0.2, 0) is 9.53 Å². The van der Waals surface area contributed by atoms with Gasteiger partial charge in [-0.05, 0) is 37.2 Å². The Morgan fingerprint density at radius 2 is 1.42 bits per heavy atom. The molecule has 0 spiro atoms. The number of carbonyl (C=O) groups excluding carboxylic acids is 1. The lowest BCUT2D eigenvalue weighted by atomic mass is 10.1. The maximum Gasteiger partial charge on any atom is 0.305 e. The minimum absolute atomic E-state index is 0.00351. The normalized spacial score (nSPS) is 11.2. The number of thioether (sulfide) groups is 2. The molecule has 0 aromatic heterocycles. The molecule has 0 aliphatic carbocycles. The number of unbranched alkanes of at least 4 members (excludes halogenated alkanes) is 8. The molecule has 0 N–H and O–H groups in total. The number of ether oxygens (including phenoxy) is 1. The molecule has 0 aromatic rings. The highest BCUT2D eigenvalue weighted by Crippen LogP contribution is 2.29. The number of carbonyl (C=O) groups is 1. The van der Waals surface area contributed by atoms with Gasteiger partial charge in [-0.3, -0.25) is 4.79 Å². The predicted octanol–water partition coefficient (Wildman–Crippen LogP) is 7.83. The molecule has 0 aliphatic rings. The molecule has 0 fully saturated rings. The first-order chi connectivity index (χ1) is 12.7. The summed E-state index contributed by atoms with van der Waals surface area (Å²) >= 11 is 7.59. The van der Waals surface area contributed by atoms with E-state index in [1.807, 2.05) is 0 Å². The summed E-state index contributed by atoms with van der Waals surface area (Å²) in [6, 6.07) is 0. The molecule has 5 heteroatoms. The SMILES string of the molecule is CCCCCSC(CCOC(=O)CCCCCCCBr)SCCCCC. The second-order valence-corrected chi connectivity index (χ2v) is 10.5. The third-order valence-corrected chi connectivity index (χ3v) is 7.88. The van der Waals surface area contributed by atoms with E-state index in [1.165, 1.54) is 69.3 Å². The van der Waals surface area contributed by atoms with Crippen LogP contribution < -0.4 is 0 Å². The average Bonchev–Trinajstić information content (AvgIpc) is 2.64. The first-order valence-corrected chi connectivity index (χ1v) is 13.9. The van der Waals surface area contributed by atoms with Crippen molar-refractivity contribution in [1.29, 1.82) is 0 Å². The van der Waals surface area contributed by atoms with Crippen LogP contribution in [0.2, 0.25) is 0 Å². The molecular formula is C21H41BrO2S2. The smallest absolute Gasteiger partial charge is 0.305 e. The Labute approximate surface area is 179 Å². The minimum Gasteiger partial charge on any atom is -0.466 e. The summed E-state index contributed by atoms with van der Waals surface area (Å²) in [4.78, 5) is 11.9. The van der Waals surface area contributed by atoms with E-state index in [-0.39, 0.29) is 5.97 Å². The van der Waals surface area contributed by atoms with Crippen molar-refractivity contribution < 1.29 is 9.53 Å². The van der Waals surface area contributed by atoms with Crippen LogP contribution in [0.15, 0.2) is 0 Å². The van der Waals surface area contributed by atoms with Gasteiger partial charge in [-0.25, -0.2) is 0 Å². The monoisotopic (exact) mass is 468 g/mol. The molecule has 2 nitrogen and oxygen atoms in total. The number of hydrogen-bond acceptors (Lipinski definition) is 4. The van der Waals surface area contributed by atoms with Gasteiger partial charge in [0.25, 0.3) is 0 Å². The zero-order valence-corrected chi connectivity index (χ0v) is 20.3. The zero-order valence-electron chi connectivity index (χ0n) is 17.1. The highest BCUT2D eigenvalue weighted by molar-refractivity contribution is 9.09. The van der Waals surface area contributed by atoms with Gasteiger partial charge in [0, 0.05) is 18.2 Å². The fourth-order valence-corrected chi connectivity index (χ4v) is 5.74. The summed E-state index contributed by atoms with van der Waals surface area (Å²) in [7, 11) is 0. The van der Waals surface area contributed by atoms with Crippen LogP contribution in [0.25, 0.3) is 0 Å². The summed E-state index contributed by atoms with van der Waals surface area (Å²) in [5.41, 5.74) is 0. The van der Waals surface area contributed by atoms with Crippen molar-refractivity contribution in [2.45, 2.75) is 102 Å². The summed E-state index contributed by atoms with van der Waals surface area (Å²) in [5.74, 6) is 2.47. The van der Waals surface area contributed by atoms with E-state index in [2.05, 4.69) is 53.3 Å². The zero-order chi connectivity index (χ0) is 19.3. The van der Waals surface area contributed by atoms with E-state index in [0.717, 1.165) is 24.6 Å². The second-order valence-electron chi connectivity index (χ2n) is 6.80. The van der Waals surface area contributed by atoms with Crippen LogP contribution in [0.5, 0.6) is 0 Å². The van der Waals surface area contributed by atoms with Gasteiger partial charge in [0.2, 0.25) is 0 Å². The van der Waals surface area contributed by atoms with Gasteiger partial charge in [0.05, 0.1) is 11.2 Å². The molecule has 0 saturated heterocycles. The number of rotatable bonds is 20. The van der Waals surface area contributed by atoms with Gasteiger partial charge in [-0.2, -0.15) is 0 Å². The quantitative estimate of drug-likeness (QED) is 0.0785. The van der Waals surface area contributed by atoms with Crippen molar-refractivity contribution in [3.63, 3.8) is 0 Å². The Morgan fingerprint density at radius 3 is 2.00 bits per heavy atom. The van der Waals surface area contributed by atoms with E-state index in [4.69, 9.17) is 4.74 Å². The first-order valence-electron chi connectivity index (χ1n) is 10.7. The summed E-state index contributed by atoms with van der Waals surface area (Å²) in [6.45, 7) is 5.10. The number of halogens is 1. The molecule has 0 unspecified atom stereocenters. The van der Waals surface area contributed by atoms with E-state index in [0.29, 0.717) is 17.6 Å². The van der Waals surface area contributed by atoms with Crippen molar-refractivity contribution >= 4 is 45.4 Å². The largest absolute Gasteiger partial charge is 0.466 e. The molecule has 0 aliphatic heterocycles. The fraction of sp³-hybridized carbons (Fsp3) is 0.952. The molecule has 156 valence electrons. The average molecular weight is 470 g/mol. The fourth-order valence-electron chi connectivity index (χ4n) is 2.58. The number of hydrogen-bond donors (Lipinski definition) is 0. The predicted molar refractivity (Wildman–Crippen MR) is 125 cm³/mol. The van der Waals surface area contributed by atoms with Gasteiger partial charge >= 0.3 is 5.97 Å². The van der Waals surface area contributed by atoms with Crippen LogP contribution in [-0.4, -0.2) is 34.0 Å². The lowest BCUT2D eigenvalue weighted by Crippen LogP contribution is -2.10. The molecule has 0 saturated carbocycles. The van der Waals surface area contributed by atoms with Crippen LogP contribution >= 0.6 is 39.5 Å². The van der Waals surface area contributed by atoms with Crippen LogP contribution in [0.4, 0.5) is 0 Å². The molecular weight excluding hydrogens is 428 g/mol. The van der Waals surface area contributed by atoms with Gasteiger partial charge in [0.15, 0.2) is 0 Å². The van der Waals surface area contributed by atoms with Crippen molar-refractivity contribution in [2.24, 2.45) is 0 Å².